The minimum Gasteiger partial charge on any atom is -0.444 e. The second-order valence-electron chi connectivity index (χ2n) is 4.36. The van der Waals surface area contributed by atoms with Crippen molar-refractivity contribution in [2.24, 2.45) is 0 Å². The third-order valence-corrected chi connectivity index (χ3v) is 3.64. The zero-order valence-corrected chi connectivity index (χ0v) is 12.9. The number of rotatable bonds is 5. The highest BCUT2D eigenvalue weighted by Crippen LogP contribution is 2.25. The lowest BCUT2D eigenvalue weighted by Crippen LogP contribution is -2.31. The molecule has 0 N–H and O–H groups in total. The van der Waals surface area contributed by atoms with Gasteiger partial charge in [-0.25, -0.2) is 4.79 Å². The molecule has 5 heteroatoms. The number of nitrogens with zero attached hydrogens (tertiary/aromatic N) is 1. The number of hydrogen-bond acceptors (Lipinski definition) is 4. The van der Waals surface area contributed by atoms with Gasteiger partial charge in [0, 0.05) is 24.7 Å². The van der Waals surface area contributed by atoms with Gasteiger partial charge < -0.3 is 9.47 Å². The van der Waals surface area contributed by atoms with Crippen LogP contribution in [0, 0.1) is 6.92 Å². The van der Waals surface area contributed by atoms with Gasteiger partial charge in [0.25, 0.3) is 0 Å². The molecule has 1 unspecified atom stereocenters. The van der Waals surface area contributed by atoms with E-state index in [1.54, 1.807) is 32.8 Å². The lowest BCUT2D eigenvalue weighted by molar-refractivity contribution is 0.0533. The average Bonchev–Trinajstić information content (AvgIpc) is 2.37. The Morgan fingerprint density at radius 1 is 1.47 bits per heavy atom. The summed E-state index contributed by atoms with van der Waals surface area (Å²) in [5.41, 5.74) is 1.97. The molecule has 0 aromatic heterocycles. The van der Waals surface area contributed by atoms with Crippen LogP contribution in [0.1, 0.15) is 12.5 Å². The first-order valence-corrected chi connectivity index (χ1v) is 7.30. The number of methoxy groups -OCH3 is 1. The zero-order chi connectivity index (χ0) is 14.4. The number of anilines is 1. The molecule has 0 aliphatic heterocycles. The Kier molecular flexibility index (Phi) is 6.18. The van der Waals surface area contributed by atoms with Crippen LogP contribution in [-0.2, 0) is 9.47 Å². The molecule has 0 aliphatic carbocycles. The highest BCUT2D eigenvalue weighted by molar-refractivity contribution is 7.98. The van der Waals surface area contributed by atoms with Gasteiger partial charge in [0.05, 0.1) is 6.61 Å². The maximum Gasteiger partial charge on any atom is 0.414 e. The van der Waals surface area contributed by atoms with Gasteiger partial charge in [-0.15, -0.1) is 11.8 Å². The van der Waals surface area contributed by atoms with Crippen LogP contribution in [0.5, 0.6) is 0 Å². The molecule has 1 aromatic rings. The van der Waals surface area contributed by atoms with Crippen molar-refractivity contribution in [1.29, 1.82) is 0 Å². The van der Waals surface area contributed by atoms with Crippen LogP contribution in [0.2, 0.25) is 0 Å². The molecule has 1 aromatic carbocycles. The first-order chi connectivity index (χ1) is 8.99. The highest BCUT2D eigenvalue weighted by Gasteiger charge is 2.16. The Labute approximate surface area is 119 Å². The second kappa shape index (κ2) is 7.40. The molecular weight excluding hydrogens is 262 g/mol. The van der Waals surface area contributed by atoms with Crippen molar-refractivity contribution in [3.05, 3.63) is 23.8 Å². The highest BCUT2D eigenvalue weighted by atomic mass is 32.2. The van der Waals surface area contributed by atoms with Crippen LogP contribution in [-0.4, -0.2) is 39.2 Å². The summed E-state index contributed by atoms with van der Waals surface area (Å²) in [5.74, 6) is 0. The third kappa shape index (κ3) is 4.44. The quantitative estimate of drug-likeness (QED) is 0.777. The number of carbonyl (C=O) groups is 1. The minimum absolute atomic E-state index is 0.258. The van der Waals surface area contributed by atoms with E-state index in [2.05, 4.69) is 0 Å². The lowest BCUT2D eigenvalue weighted by atomic mass is 10.2. The van der Waals surface area contributed by atoms with Gasteiger partial charge in [-0.1, -0.05) is 0 Å². The van der Waals surface area contributed by atoms with Gasteiger partial charge in [0.2, 0.25) is 0 Å². The van der Waals surface area contributed by atoms with E-state index in [0.29, 0.717) is 6.61 Å². The summed E-state index contributed by atoms with van der Waals surface area (Å²) in [4.78, 5) is 14.6. The topological polar surface area (TPSA) is 38.8 Å². The Balaban J connectivity index is 2.74. The molecule has 1 atom stereocenters. The van der Waals surface area contributed by atoms with Crippen LogP contribution in [0.25, 0.3) is 0 Å². The number of benzene rings is 1. The normalized spacial score (nSPS) is 12.1. The summed E-state index contributed by atoms with van der Waals surface area (Å²) in [6, 6.07) is 5.91. The van der Waals surface area contributed by atoms with E-state index < -0.39 is 0 Å². The molecule has 0 aliphatic rings. The molecular formula is C14H21NO3S. The van der Waals surface area contributed by atoms with Gasteiger partial charge in [-0.2, -0.15) is 0 Å². The first kappa shape index (κ1) is 15.9. The molecule has 0 bridgehead atoms. The minimum atomic E-state index is -0.374. The summed E-state index contributed by atoms with van der Waals surface area (Å²) in [6.07, 6.45) is 1.40. The summed E-state index contributed by atoms with van der Waals surface area (Å²) in [7, 11) is 3.29. The maximum absolute atomic E-state index is 11.9. The Morgan fingerprint density at radius 2 is 2.16 bits per heavy atom. The van der Waals surface area contributed by atoms with Crippen LogP contribution in [0.4, 0.5) is 10.5 Å². The Bertz CT molecular complexity index is 437. The summed E-state index contributed by atoms with van der Waals surface area (Å²) < 4.78 is 10.2. The monoisotopic (exact) mass is 283 g/mol. The van der Waals surface area contributed by atoms with E-state index in [9.17, 15) is 4.79 Å². The number of thioether (sulfide) groups is 1. The average molecular weight is 283 g/mol. The largest absolute Gasteiger partial charge is 0.444 e. The zero-order valence-electron chi connectivity index (χ0n) is 12.1. The fraction of sp³-hybridized carbons (Fsp3) is 0.500. The summed E-state index contributed by atoms with van der Waals surface area (Å²) in [6.45, 7) is 4.23. The van der Waals surface area contributed by atoms with E-state index >= 15 is 0 Å². The van der Waals surface area contributed by atoms with Crippen molar-refractivity contribution in [3.8, 4) is 0 Å². The number of aryl methyl sites for hydroxylation is 1. The van der Waals surface area contributed by atoms with Gasteiger partial charge >= 0.3 is 6.09 Å². The number of hydrogen-bond donors (Lipinski definition) is 0. The van der Waals surface area contributed by atoms with Crippen molar-refractivity contribution in [2.75, 3.05) is 31.9 Å². The molecule has 19 heavy (non-hydrogen) atoms. The maximum atomic E-state index is 11.9. The molecule has 0 saturated heterocycles. The van der Waals surface area contributed by atoms with Crippen molar-refractivity contribution >= 4 is 23.5 Å². The van der Waals surface area contributed by atoms with Gasteiger partial charge in [0.1, 0.15) is 6.10 Å². The molecule has 0 spiro atoms. The summed E-state index contributed by atoms with van der Waals surface area (Å²) in [5, 5.41) is 0. The first-order valence-electron chi connectivity index (χ1n) is 6.07. The molecule has 1 rings (SSSR count). The van der Waals surface area contributed by atoms with E-state index in [0.717, 1.165) is 11.3 Å². The predicted octanol–water partition coefficient (Wildman–Crippen LogP) is 3.32. The van der Waals surface area contributed by atoms with E-state index in [1.165, 1.54) is 9.80 Å². The third-order valence-electron chi connectivity index (χ3n) is 2.74. The molecule has 0 fully saturated rings. The van der Waals surface area contributed by atoms with Gasteiger partial charge in [-0.05, 0) is 43.9 Å². The van der Waals surface area contributed by atoms with Crippen molar-refractivity contribution in [1.82, 2.24) is 0 Å². The van der Waals surface area contributed by atoms with E-state index in [4.69, 9.17) is 9.47 Å². The SMILES string of the molecule is COCC(C)OC(=O)N(C)c1ccc(SC)c(C)c1. The molecule has 1 amide bonds. The second-order valence-corrected chi connectivity index (χ2v) is 5.21. The number of ether oxygens (including phenoxy) is 2. The predicted molar refractivity (Wildman–Crippen MR) is 79.2 cm³/mol. The molecule has 4 nitrogen and oxygen atoms in total. The van der Waals surface area contributed by atoms with E-state index in [-0.39, 0.29) is 12.2 Å². The number of amides is 1. The summed E-state index contributed by atoms with van der Waals surface area (Å²) >= 11 is 1.69. The van der Waals surface area contributed by atoms with Crippen LogP contribution in [0.15, 0.2) is 23.1 Å². The standard InChI is InChI=1S/C14H21NO3S/c1-10-8-12(6-7-13(10)19-5)15(3)14(16)18-11(2)9-17-4/h6-8,11H,9H2,1-5H3. The fourth-order valence-corrected chi connectivity index (χ4v) is 2.28. The van der Waals surface area contributed by atoms with Crippen molar-refractivity contribution in [3.63, 3.8) is 0 Å². The van der Waals surface area contributed by atoms with Crippen LogP contribution < -0.4 is 4.90 Å². The van der Waals surface area contributed by atoms with Gasteiger partial charge in [-0.3, -0.25) is 4.90 Å². The van der Waals surface area contributed by atoms with Crippen molar-refractivity contribution < 1.29 is 14.3 Å². The molecule has 0 heterocycles. The molecule has 0 radical (unpaired) electrons. The smallest absolute Gasteiger partial charge is 0.414 e. The Morgan fingerprint density at radius 3 is 2.68 bits per heavy atom. The van der Waals surface area contributed by atoms with Crippen LogP contribution in [0.3, 0.4) is 0 Å². The van der Waals surface area contributed by atoms with Gasteiger partial charge in [0.15, 0.2) is 0 Å². The number of carbonyl (C=O) groups excluding carboxylic acids is 1. The van der Waals surface area contributed by atoms with Crippen molar-refractivity contribution in [2.45, 2.75) is 24.8 Å². The Hall–Kier alpha value is -1.20. The van der Waals surface area contributed by atoms with Crippen LogP contribution >= 0.6 is 11.8 Å². The van der Waals surface area contributed by atoms with E-state index in [1.807, 2.05) is 31.4 Å². The lowest BCUT2D eigenvalue weighted by Gasteiger charge is -2.21. The molecule has 106 valence electrons. The molecule has 0 saturated carbocycles. The fourth-order valence-electron chi connectivity index (χ4n) is 1.70.